The van der Waals surface area contributed by atoms with Gasteiger partial charge in [-0.05, 0) is 42.5 Å². The number of amides is 3. The number of carbonyl (C=O) groups is 2. The van der Waals surface area contributed by atoms with Crippen LogP contribution in [0.15, 0.2) is 46.9 Å². The fourth-order valence-electron chi connectivity index (χ4n) is 3.22. The van der Waals surface area contributed by atoms with Gasteiger partial charge in [-0.3, -0.25) is 4.79 Å². The minimum Gasteiger partial charge on any atom is -0.338 e. The summed E-state index contributed by atoms with van der Waals surface area (Å²) in [7, 11) is 0. The smallest absolute Gasteiger partial charge is 0.319 e. The molecule has 6 heteroatoms. The summed E-state index contributed by atoms with van der Waals surface area (Å²) in [5.41, 5.74) is 3.79. The molecule has 0 spiro atoms. The summed E-state index contributed by atoms with van der Waals surface area (Å²) in [5.74, 6) is -0.0163. The lowest BCUT2D eigenvalue weighted by atomic mass is 10.1. The molecule has 0 saturated heterocycles. The molecule has 0 fully saturated rings. The van der Waals surface area contributed by atoms with Crippen molar-refractivity contribution in [3.05, 3.63) is 58.1 Å². The van der Waals surface area contributed by atoms with Gasteiger partial charge in [-0.1, -0.05) is 46.3 Å². The van der Waals surface area contributed by atoms with E-state index in [1.54, 1.807) is 11.8 Å². The van der Waals surface area contributed by atoms with E-state index in [0.29, 0.717) is 18.8 Å². The van der Waals surface area contributed by atoms with Crippen molar-refractivity contribution >= 4 is 39.2 Å². The van der Waals surface area contributed by atoms with Crippen molar-refractivity contribution in [2.75, 3.05) is 23.3 Å². The Morgan fingerprint density at radius 2 is 1.96 bits per heavy atom. The molecule has 5 nitrogen and oxygen atoms in total. The van der Waals surface area contributed by atoms with E-state index in [0.717, 1.165) is 35.0 Å². The SMILES string of the molecule is CC(=O)N1CCc2cc(Br)cc(NC(=O)NCCCc3ccccc3)c21. The summed E-state index contributed by atoms with van der Waals surface area (Å²) in [5, 5.41) is 5.78. The van der Waals surface area contributed by atoms with E-state index in [1.165, 1.54) is 5.56 Å². The molecule has 3 rings (SSSR count). The minimum atomic E-state index is -0.256. The van der Waals surface area contributed by atoms with E-state index in [9.17, 15) is 9.59 Å². The van der Waals surface area contributed by atoms with Crippen molar-refractivity contribution in [2.24, 2.45) is 0 Å². The van der Waals surface area contributed by atoms with Crippen molar-refractivity contribution in [2.45, 2.75) is 26.2 Å². The lowest BCUT2D eigenvalue weighted by Gasteiger charge is -2.19. The largest absolute Gasteiger partial charge is 0.338 e. The second-order valence-corrected chi connectivity index (χ2v) is 7.27. The maximum Gasteiger partial charge on any atom is 0.319 e. The van der Waals surface area contributed by atoms with Gasteiger partial charge in [0.1, 0.15) is 0 Å². The first-order valence-corrected chi connectivity index (χ1v) is 9.53. The number of rotatable bonds is 5. The zero-order chi connectivity index (χ0) is 18.5. The summed E-state index contributed by atoms with van der Waals surface area (Å²) in [6, 6.07) is 13.8. The van der Waals surface area contributed by atoms with Gasteiger partial charge in [0.05, 0.1) is 11.4 Å². The number of hydrogen-bond donors (Lipinski definition) is 2. The lowest BCUT2D eigenvalue weighted by molar-refractivity contribution is -0.116. The maximum atomic E-state index is 12.3. The van der Waals surface area contributed by atoms with Crippen LogP contribution in [-0.2, 0) is 17.6 Å². The van der Waals surface area contributed by atoms with Crippen LogP contribution in [0, 0.1) is 0 Å². The van der Waals surface area contributed by atoms with Crippen LogP contribution in [0.25, 0.3) is 0 Å². The molecule has 1 heterocycles. The Morgan fingerprint density at radius 1 is 1.19 bits per heavy atom. The fourth-order valence-corrected chi connectivity index (χ4v) is 3.73. The molecule has 1 aliphatic heterocycles. The Morgan fingerprint density at radius 3 is 2.69 bits per heavy atom. The topological polar surface area (TPSA) is 61.4 Å². The molecule has 3 amide bonds. The van der Waals surface area contributed by atoms with Gasteiger partial charge in [0.15, 0.2) is 0 Å². The van der Waals surface area contributed by atoms with Crippen LogP contribution < -0.4 is 15.5 Å². The zero-order valence-corrected chi connectivity index (χ0v) is 16.3. The predicted molar refractivity (Wildman–Crippen MR) is 108 cm³/mol. The van der Waals surface area contributed by atoms with Crippen LogP contribution in [-0.4, -0.2) is 25.0 Å². The van der Waals surface area contributed by atoms with Crippen LogP contribution in [0.3, 0.4) is 0 Å². The Hall–Kier alpha value is -2.34. The first-order chi connectivity index (χ1) is 12.5. The Labute approximate surface area is 161 Å². The van der Waals surface area contributed by atoms with Gasteiger partial charge in [0, 0.05) is 24.5 Å². The molecule has 0 bridgehead atoms. The normalized spacial score (nSPS) is 12.6. The van der Waals surface area contributed by atoms with Crippen LogP contribution >= 0.6 is 15.9 Å². The number of carbonyl (C=O) groups excluding carboxylic acids is 2. The molecule has 0 aliphatic carbocycles. The van der Waals surface area contributed by atoms with E-state index in [2.05, 4.69) is 38.7 Å². The molecule has 136 valence electrons. The number of fused-ring (bicyclic) bond motifs is 1. The van der Waals surface area contributed by atoms with E-state index in [1.807, 2.05) is 30.3 Å². The highest BCUT2D eigenvalue weighted by atomic mass is 79.9. The highest BCUT2D eigenvalue weighted by Crippen LogP contribution is 2.38. The number of halogens is 1. The predicted octanol–water partition coefficient (Wildman–Crippen LogP) is 4.11. The average molecular weight is 416 g/mol. The van der Waals surface area contributed by atoms with Gasteiger partial charge in [-0.15, -0.1) is 0 Å². The Balaban J connectivity index is 1.58. The number of anilines is 2. The summed E-state index contributed by atoms with van der Waals surface area (Å²) >= 11 is 3.48. The molecule has 0 radical (unpaired) electrons. The number of aryl methyl sites for hydroxylation is 1. The molecule has 2 aromatic carbocycles. The third-order valence-corrected chi connectivity index (χ3v) is 4.89. The Bertz CT molecular complexity index is 808. The van der Waals surface area contributed by atoms with Crippen molar-refractivity contribution in [3.8, 4) is 0 Å². The summed E-state index contributed by atoms with van der Waals surface area (Å²) in [6.45, 7) is 2.78. The molecular weight excluding hydrogens is 394 g/mol. The van der Waals surface area contributed by atoms with E-state index in [4.69, 9.17) is 0 Å². The van der Waals surface area contributed by atoms with Crippen molar-refractivity contribution in [1.82, 2.24) is 5.32 Å². The quantitative estimate of drug-likeness (QED) is 0.721. The van der Waals surface area contributed by atoms with Crippen LogP contribution in [0.4, 0.5) is 16.2 Å². The third-order valence-electron chi connectivity index (χ3n) is 4.43. The molecule has 1 aliphatic rings. The van der Waals surface area contributed by atoms with E-state index >= 15 is 0 Å². The summed E-state index contributed by atoms with van der Waals surface area (Å²) < 4.78 is 0.890. The van der Waals surface area contributed by atoms with Crippen LogP contribution in [0.1, 0.15) is 24.5 Å². The number of hydrogen-bond acceptors (Lipinski definition) is 2. The van der Waals surface area contributed by atoms with Gasteiger partial charge in [0.2, 0.25) is 5.91 Å². The molecular formula is C20H22BrN3O2. The molecule has 0 atom stereocenters. The van der Waals surface area contributed by atoms with Gasteiger partial charge in [0.25, 0.3) is 0 Å². The molecule has 0 unspecified atom stereocenters. The number of nitrogens with one attached hydrogen (secondary N) is 2. The highest BCUT2D eigenvalue weighted by molar-refractivity contribution is 9.10. The van der Waals surface area contributed by atoms with Gasteiger partial charge in [-0.25, -0.2) is 4.79 Å². The standard InChI is InChI=1S/C20H22BrN3O2/c1-14(25)24-11-9-16-12-17(21)13-18(19(16)24)23-20(26)22-10-5-8-15-6-3-2-4-7-15/h2-4,6-7,12-13H,5,8-11H2,1H3,(H2,22,23,26). The third kappa shape index (κ3) is 4.43. The number of nitrogens with zero attached hydrogens (tertiary/aromatic N) is 1. The first kappa shape index (κ1) is 18.5. The van der Waals surface area contributed by atoms with E-state index in [-0.39, 0.29) is 11.9 Å². The zero-order valence-electron chi connectivity index (χ0n) is 14.7. The number of benzene rings is 2. The van der Waals surface area contributed by atoms with Crippen molar-refractivity contribution in [1.29, 1.82) is 0 Å². The van der Waals surface area contributed by atoms with Crippen molar-refractivity contribution < 1.29 is 9.59 Å². The first-order valence-electron chi connectivity index (χ1n) is 8.74. The highest BCUT2D eigenvalue weighted by Gasteiger charge is 2.26. The minimum absolute atomic E-state index is 0.0163. The van der Waals surface area contributed by atoms with Crippen LogP contribution in [0.5, 0.6) is 0 Å². The summed E-state index contributed by atoms with van der Waals surface area (Å²) in [4.78, 5) is 25.8. The number of urea groups is 1. The lowest BCUT2D eigenvalue weighted by Crippen LogP contribution is -2.31. The second kappa shape index (κ2) is 8.36. The van der Waals surface area contributed by atoms with Crippen LogP contribution in [0.2, 0.25) is 0 Å². The summed E-state index contributed by atoms with van der Waals surface area (Å²) in [6.07, 6.45) is 2.58. The maximum absolute atomic E-state index is 12.3. The second-order valence-electron chi connectivity index (χ2n) is 6.35. The van der Waals surface area contributed by atoms with Gasteiger partial charge < -0.3 is 15.5 Å². The molecule has 2 N–H and O–H groups in total. The molecule has 0 aromatic heterocycles. The van der Waals surface area contributed by atoms with E-state index < -0.39 is 0 Å². The van der Waals surface area contributed by atoms with Gasteiger partial charge in [-0.2, -0.15) is 0 Å². The molecule has 2 aromatic rings. The van der Waals surface area contributed by atoms with Crippen molar-refractivity contribution in [3.63, 3.8) is 0 Å². The molecule has 26 heavy (non-hydrogen) atoms. The van der Waals surface area contributed by atoms with Gasteiger partial charge >= 0.3 is 6.03 Å². The fraction of sp³-hybridized carbons (Fsp3) is 0.300. The Kier molecular flexibility index (Phi) is 5.93. The molecule has 0 saturated carbocycles. The monoisotopic (exact) mass is 415 g/mol. The average Bonchev–Trinajstić information content (AvgIpc) is 3.04.